The normalized spacial score (nSPS) is 26.9. The molecule has 108 valence electrons. The van der Waals surface area contributed by atoms with Crippen LogP contribution in [0, 0.1) is 6.92 Å². The van der Waals surface area contributed by atoms with E-state index in [-0.39, 0.29) is 5.60 Å². The Balaban J connectivity index is 1.75. The summed E-state index contributed by atoms with van der Waals surface area (Å²) in [5.74, 6) is 0. The van der Waals surface area contributed by atoms with E-state index in [1.54, 1.807) is 11.3 Å². The molecule has 0 saturated carbocycles. The average Bonchev–Trinajstić information content (AvgIpc) is 2.78. The number of nitrogens with one attached hydrogen (secondary N) is 1. The van der Waals surface area contributed by atoms with E-state index in [1.165, 1.54) is 10.4 Å². The van der Waals surface area contributed by atoms with Gasteiger partial charge in [0.25, 0.3) is 0 Å². The Kier molecular flexibility index (Phi) is 3.69. The first-order valence-corrected chi connectivity index (χ1v) is 8.17. The summed E-state index contributed by atoms with van der Waals surface area (Å²) in [6.07, 6.45) is 3.22. The quantitative estimate of drug-likeness (QED) is 0.911. The van der Waals surface area contributed by atoms with Crippen LogP contribution >= 0.6 is 11.3 Å². The van der Waals surface area contributed by atoms with Crippen molar-refractivity contribution in [1.29, 1.82) is 0 Å². The standard InChI is InChI=1S/C16H22N2OS/c1-4-16(3)10-13(7-8-19-16)18-12-5-6-14-15(9-12)20-11(2)17-14/h5-6,9,13,18H,4,7-8,10H2,1-3H3. The summed E-state index contributed by atoms with van der Waals surface area (Å²) in [4.78, 5) is 4.51. The zero-order chi connectivity index (χ0) is 14.2. The van der Waals surface area contributed by atoms with Gasteiger partial charge in [-0.2, -0.15) is 0 Å². The summed E-state index contributed by atoms with van der Waals surface area (Å²) in [6.45, 7) is 7.33. The lowest BCUT2D eigenvalue weighted by atomic mass is 9.90. The highest BCUT2D eigenvalue weighted by Crippen LogP contribution is 2.31. The number of nitrogens with zero attached hydrogens (tertiary/aromatic N) is 1. The number of aryl methyl sites for hydroxylation is 1. The van der Waals surface area contributed by atoms with Gasteiger partial charge in [-0.05, 0) is 51.3 Å². The fraction of sp³-hybridized carbons (Fsp3) is 0.562. The van der Waals surface area contributed by atoms with Gasteiger partial charge in [0.2, 0.25) is 0 Å². The van der Waals surface area contributed by atoms with Crippen LogP contribution in [0.25, 0.3) is 10.2 Å². The van der Waals surface area contributed by atoms with Gasteiger partial charge in [-0.25, -0.2) is 4.98 Å². The number of fused-ring (bicyclic) bond motifs is 1. The van der Waals surface area contributed by atoms with Crippen molar-refractivity contribution < 1.29 is 4.74 Å². The van der Waals surface area contributed by atoms with E-state index in [0.717, 1.165) is 36.4 Å². The average molecular weight is 290 g/mol. The van der Waals surface area contributed by atoms with E-state index in [2.05, 4.69) is 49.3 Å². The van der Waals surface area contributed by atoms with E-state index in [9.17, 15) is 0 Å². The van der Waals surface area contributed by atoms with Gasteiger partial charge in [0.15, 0.2) is 0 Å². The third kappa shape index (κ3) is 2.81. The van der Waals surface area contributed by atoms with Gasteiger partial charge in [0.1, 0.15) is 0 Å². The molecule has 0 radical (unpaired) electrons. The minimum atomic E-state index is 0.0289. The zero-order valence-corrected chi connectivity index (χ0v) is 13.2. The molecule has 3 rings (SSSR count). The Morgan fingerprint density at radius 1 is 1.50 bits per heavy atom. The summed E-state index contributed by atoms with van der Waals surface area (Å²) in [7, 11) is 0. The van der Waals surface area contributed by atoms with Crippen LogP contribution in [0.3, 0.4) is 0 Å². The minimum Gasteiger partial charge on any atom is -0.382 e. The molecule has 1 aliphatic heterocycles. The molecule has 0 bridgehead atoms. The van der Waals surface area contributed by atoms with Gasteiger partial charge in [0, 0.05) is 18.3 Å². The molecule has 0 amide bonds. The summed E-state index contributed by atoms with van der Waals surface area (Å²) in [5, 5.41) is 4.80. The second-order valence-corrected chi connectivity index (χ2v) is 7.14. The first-order valence-electron chi connectivity index (χ1n) is 7.36. The maximum atomic E-state index is 5.91. The summed E-state index contributed by atoms with van der Waals surface area (Å²) in [6, 6.07) is 6.97. The predicted octanol–water partition coefficient (Wildman–Crippen LogP) is 4.36. The molecule has 2 atom stereocenters. The summed E-state index contributed by atoms with van der Waals surface area (Å²) in [5.41, 5.74) is 2.33. The first kappa shape index (κ1) is 13.8. The molecule has 2 heterocycles. The van der Waals surface area contributed by atoms with Crippen LogP contribution in [-0.4, -0.2) is 23.2 Å². The van der Waals surface area contributed by atoms with Crippen molar-refractivity contribution in [1.82, 2.24) is 4.98 Å². The lowest BCUT2D eigenvalue weighted by Crippen LogP contribution is -2.41. The highest BCUT2D eigenvalue weighted by Gasteiger charge is 2.31. The Labute approximate surface area is 124 Å². The molecule has 20 heavy (non-hydrogen) atoms. The van der Waals surface area contributed by atoms with E-state index >= 15 is 0 Å². The Bertz CT molecular complexity index is 610. The predicted molar refractivity (Wildman–Crippen MR) is 85.6 cm³/mol. The smallest absolute Gasteiger partial charge is 0.0907 e. The van der Waals surface area contributed by atoms with Gasteiger partial charge in [-0.15, -0.1) is 11.3 Å². The highest BCUT2D eigenvalue weighted by atomic mass is 32.1. The van der Waals surface area contributed by atoms with Crippen molar-refractivity contribution >= 4 is 27.2 Å². The molecule has 1 aliphatic rings. The van der Waals surface area contributed by atoms with Crippen molar-refractivity contribution in [2.45, 2.75) is 51.7 Å². The second kappa shape index (κ2) is 5.34. The molecule has 3 nitrogen and oxygen atoms in total. The number of thiazole rings is 1. The van der Waals surface area contributed by atoms with Crippen molar-refractivity contribution in [2.75, 3.05) is 11.9 Å². The zero-order valence-electron chi connectivity index (χ0n) is 12.4. The maximum Gasteiger partial charge on any atom is 0.0907 e. The maximum absolute atomic E-state index is 5.91. The van der Waals surface area contributed by atoms with Gasteiger partial charge < -0.3 is 10.1 Å². The molecular weight excluding hydrogens is 268 g/mol. The van der Waals surface area contributed by atoms with E-state index in [1.807, 2.05) is 0 Å². The topological polar surface area (TPSA) is 34.2 Å². The third-order valence-corrected chi connectivity index (χ3v) is 5.14. The molecule has 1 fully saturated rings. The molecule has 4 heteroatoms. The summed E-state index contributed by atoms with van der Waals surface area (Å²) >= 11 is 1.76. The largest absolute Gasteiger partial charge is 0.382 e. The molecule has 1 N–H and O–H groups in total. The lowest BCUT2D eigenvalue weighted by molar-refractivity contribution is -0.0708. The molecule has 1 saturated heterocycles. The SMILES string of the molecule is CCC1(C)CC(Nc2ccc3nc(C)sc3c2)CCO1. The van der Waals surface area contributed by atoms with Crippen LogP contribution in [0.15, 0.2) is 18.2 Å². The van der Waals surface area contributed by atoms with E-state index < -0.39 is 0 Å². The van der Waals surface area contributed by atoms with Gasteiger partial charge in [0.05, 0.1) is 20.8 Å². The third-order valence-electron chi connectivity index (χ3n) is 4.21. The second-order valence-electron chi connectivity index (χ2n) is 5.90. The molecule has 2 unspecified atom stereocenters. The minimum absolute atomic E-state index is 0.0289. The Hall–Kier alpha value is -1.13. The van der Waals surface area contributed by atoms with E-state index in [0.29, 0.717) is 6.04 Å². The fourth-order valence-corrected chi connectivity index (χ4v) is 3.73. The van der Waals surface area contributed by atoms with Crippen LogP contribution in [0.4, 0.5) is 5.69 Å². The van der Waals surface area contributed by atoms with E-state index in [4.69, 9.17) is 4.74 Å². The van der Waals surface area contributed by atoms with Crippen LogP contribution in [0.2, 0.25) is 0 Å². The Morgan fingerprint density at radius 3 is 3.15 bits per heavy atom. The van der Waals surface area contributed by atoms with Crippen LogP contribution in [0.5, 0.6) is 0 Å². The highest BCUT2D eigenvalue weighted by molar-refractivity contribution is 7.18. The van der Waals surface area contributed by atoms with Crippen molar-refractivity contribution in [3.05, 3.63) is 23.2 Å². The van der Waals surface area contributed by atoms with Crippen LogP contribution < -0.4 is 5.32 Å². The van der Waals surface area contributed by atoms with Gasteiger partial charge >= 0.3 is 0 Å². The summed E-state index contributed by atoms with van der Waals surface area (Å²) < 4.78 is 7.17. The van der Waals surface area contributed by atoms with Crippen molar-refractivity contribution in [3.63, 3.8) is 0 Å². The number of aromatic nitrogens is 1. The molecule has 2 aromatic rings. The molecule has 0 spiro atoms. The van der Waals surface area contributed by atoms with Crippen LogP contribution in [-0.2, 0) is 4.74 Å². The Morgan fingerprint density at radius 2 is 2.35 bits per heavy atom. The number of hydrogen-bond donors (Lipinski definition) is 1. The first-order chi connectivity index (χ1) is 9.58. The fourth-order valence-electron chi connectivity index (χ4n) is 2.86. The number of anilines is 1. The number of hydrogen-bond acceptors (Lipinski definition) is 4. The lowest BCUT2D eigenvalue weighted by Gasteiger charge is -2.38. The molecule has 0 aliphatic carbocycles. The molecule has 1 aromatic carbocycles. The van der Waals surface area contributed by atoms with Crippen molar-refractivity contribution in [2.24, 2.45) is 0 Å². The number of rotatable bonds is 3. The number of ether oxygens (including phenoxy) is 1. The number of benzene rings is 1. The molecule has 1 aromatic heterocycles. The van der Waals surface area contributed by atoms with Crippen LogP contribution in [0.1, 0.15) is 38.1 Å². The monoisotopic (exact) mass is 290 g/mol. The molecular formula is C16H22N2OS. The van der Waals surface area contributed by atoms with Crippen molar-refractivity contribution in [3.8, 4) is 0 Å². The van der Waals surface area contributed by atoms with Gasteiger partial charge in [-0.3, -0.25) is 0 Å². The van der Waals surface area contributed by atoms with Gasteiger partial charge in [-0.1, -0.05) is 6.92 Å².